The maximum absolute atomic E-state index is 11.3. The van der Waals surface area contributed by atoms with Crippen LogP contribution in [0.4, 0.5) is 0 Å². The number of esters is 1. The standard InChI is InChI=1S/C14H10N2O3S2/c1-18-14(17)11-7-15-12(21-11)5-4-9-8-20-13(16-9)10-3-2-6-19-10/h2-8H,1H3/b5-4+. The summed E-state index contributed by atoms with van der Waals surface area (Å²) < 4.78 is 9.94. The van der Waals surface area contributed by atoms with E-state index in [1.807, 2.05) is 29.7 Å². The average molecular weight is 318 g/mol. The average Bonchev–Trinajstić information content (AvgIpc) is 3.23. The van der Waals surface area contributed by atoms with E-state index in [2.05, 4.69) is 14.7 Å². The summed E-state index contributed by atoms with van der Waals surface area (Å²) in [5.41, 5.74) is 0.821. The molecule has 0 spiro atoms. The highest BCUT2D eigenvalue weighted by molar-refractivity contribution is 7.14. The predicted molar refractivity (Wildman–Crippen MR) is 82.2 cm³/mol. The molecule has 5 nitrogen and oxygen atoms in total. The third-order valence-electron chi connectivity index (χ3n) is 2.56. The summed E-state index contributed by atoms with van der Waals surface area (Å²) in [5, 5.41) is 3.49. The molecule has 106 valence electrons. The molecule has 0 saturated heterocycles. The van der Waals surface area contributed by atoms with E-state index in [9.17, 15) is 4.79 Å². The second kappa shape index (κ2) is 6.02. The molecular formula is C14H10N2O3S2. The van der Waals surface area contributed by atoms with Crippen LogP contribution in [0.15, 0.2) is 34.4 Å². The Kier molecular flexibility index (Phi) is 3.94. The van der Waals surface area contributed by atoms with Crippen LogP contribution in [0.2, 0.25) is 0 Å². The normalized spacial score (nSPS) is 11.1. The van der Waals surface area contributed by atoms with Crippen LogP contribution in [-0.4, -0.2) is 23.0 Å². The Balaban J connectivity index is 1.74. The molecule has 0 fully saturated rings. The summed E-state index contributed by atoms with van der Waals surface area (Å²) in [6.45, 7) is 0. The van der Waals surface area contributed by atoms with Gasteiger partial charge in [-0.05, 0) is 24.3 Å². The minimum absolute atomic E-state index is 0.374. The lowest BCUT2D eigenvalue weighted by Gasteiger charge is -1.90. The van der Waals surface area contributed by atoms with E-state index in [1.165, 1.54) is 36.0 Å². The van der Waals surface area contributed by atoms with Crippen LogP contribution in [0, 0.1) is 0 Å². The third kappa shape index (κ3) is 3.09. The van der Waals surface area contributed by atoms with Gasteiger partial charge in [0, 0.05) is 5.38 Å². The highest BCUT2D eigenvalue weighted by Gasteiger charge is 2.09. The predicted octanol–water partition coefficient (Wildman–Crippen LogP) is 3.82. The fourth-order valence-electron chi connectivity index (χ4n) is 1.59. The van der Waals surface area contributed by atoms with Gasteiger partial charge in [0.15, 0.2) is 10.8 Å². The largest absolute Gasteiger partial charge is 0.465 e. The lowest BCUT2D eigenvalue weighted by molar-refractivity contribution is 0.0606. The van der Waals surface area contributed by atoms with Crippen molar-refractivity contribution in [3.05, 3.63) is 45.6 Å². The molecule has 7 heteroatoms. The van der Waals surface area contributed by atoms with E-state index >= 15 is 0 Å². The molecule has 0 aliphatic carbocycles. The van der Waals surface area contributed by atoms with Crippen molar-refractivity contribution in [2.45, 2.75) is 0 Å². The number of rotatable bonds is 4. The summed E-state index contributed by atoms with van der Waals surface area (Å²) in [7, 11) is 1.35. The first-order chi connectivity index (χ1) is 10.3. The topological polar surface area (TPSA) is 65.2 Å². The monoisotopic (exact) mass is 318 g/mol. The summed E-state index contributed by atoms with van der Waals surface area (Å²) in [6.07, 6.45) is 6.79. The van der Waals surface area contributed by atoms with Gasteiger partial charge in [-0.2, -0.15) is 0 Å². The molecule has 0 aromatic carbocycles. The Morgan fingerprint density at radius 2 is 2.33 bits per heavy atom. The van der Waals surface area contributed by atoms with Gasteiger partial charge in [0.05, 0.1) is 25.3 Å². The molecule has 0 bridgehead atoms. The van der Waals surface area contributed by atoms with Gasteiger partial charge in [-0.3, -0.25) is 0 Å². The number of methoxy groups -OCH3 is 1. The van der Waals surface area contributed by atoms with Crippen LogP contribution in [0.1, 0.15) is 20.4 Å². The van der Waals surface area contributed by atoms with Crippen molar-refractivity contribution in [1.82, 2.24) is 9.97 Å². The van der Waals surface area contributed by atoms with Crippen molar-refractivity contribution in [1.29, 1.82) is 0 Å². The SMILES string of the molecule is COC(=O)c1cnc(/C=C/c2csc(-c3ccco3)n2)s1. The van der Waals surface area contributed by atoms with Gasteiger partial charge < -0.3 is 9.15 Å². The second-order valence-electron chi connectivity index (χ2n) is 3.94. The van der Waals surface area contributed by atoms with Crippen LogP contribution >= 0.6 is 22.7 Å². The van der Waals surface area contributed by atoms with E-state index in [1.54, 1.807) is 6.26 Å². The molecule has 0 N–H and O–H groups in total. The molecule has 0 saturated carbocycles. The number of aromatic nitrogens is 2. The smallest absolute Gasteiger partial charge is 0.349 e. The molecule has 0 radical (unpaired) electrons. The van der Waals surface area contributed by atoms with Crippen LogP contribution in [-0.2, 0) is 4.74 Å². The van der Waals surface area contributed by atoms with E-state index in [0.717, 1.165) is 21.5 Å². The summed E-state index contributed by atoms with van der Waals surface area (Å²) in [5.74, 6) is 0.378. The van der Waals surface area contributed by atoms with Gasteiger partial charge in [-0.15, -0.1) is 22.7 Å². The van der Waals surface area contributed by atoms with Crippen LogP contribution in [0.25, 0.3) is 22.9 Å². The van der Waals surface area contributed by atoms with Crippen LogP contribution in [0.5, 0.6) is 0 Å². The number of carbonyl (C=O) groups excluding carboxylic acids is 1. The molecule has 0 amide bonds. The minimum Gasteiger partial charge on any atom is -0.465 e. The zero-order valence-electron chi connectivity index (χ0n) is 11.0. The highest BCUT2D eigenvalue weighted by atomic mass is 32.1. The molecule has 0 atom stereocenters. The van der Waals surface area contributed by atoms with Gasteiger partial charge in [0.2, 0.25) is 0 Å². The van der Waals surface area contributed by atoms with E-state index in [-0.39, 0.29) is 5.97 Å². The third-order valence-corrected chi connectivity index (χ3v) is 4.38. The van der Waals surface area contributed by atoms with Crippen LogP contribution in [0.3, 0.4) is 0 Å². The Morgan fingerprint density at radius 3 is 3.10 bits per heavy atom. The van der Waals surface area contributed by atoms with E-state index < -0.39 is 0 Å². The first kappa shape index (κ1) is 13.7. The first-order valence-corrected chi connectivity index (χ1v) is 7.67. The quantitative estimate of drug-likeness (QED) is 0.684. The van der Waals surface area contributed by atoms with Gasteiger partial charge in [-0.1, -0.05) is 0 Å². The van der Waals surface area contributed by atoms with Crippen LogP contribution < -0.4 is 0 Å². The first-order valence-electron chi connectivity index (χ1n) is 5.98. The number of thiazole rings is 2. The zero-order chi connectivity index (χ0) is 14.7. The minimum atomic E-state index is -0.374. The van der Waals surface area contributed by atoms with Crippen molar-refractivity contribution in [2.24, 2.45) is 0 Å². The second-order valence-corrected chi connectivity index (χ2v) is 5.86. The number of carbonyl (C=O) groups is 1. The molecule has 3 heterocycles. The Bertz CT molecular complexity index is 772. The zero-order valence-corrected chi connectivity index (χ0v) is 12.6. The molecule has 3 aromatic heterocycles. The molecule has 21 heavy (non-hydrogen) atoms. The lowest BCUT2D eigenvalue weighted by atomic mass is 10.4. The fraction of sp³-hybridized carbons (Fsp3) is 0.0714. The fourth-order valence-corrected chi connectivity index (χ4v) is 3.09. The summed E-state index contributed by atoms with van der Waals surface area (Å²) >= 11 is 2.78. The molecule has 3 rings (SSSR count). The molecule has 0 aliphatic heterocycles. The lowest BCUT2D eigenvalue weighted by Crippen LogP contribution is -1.96. The number of hydrogen-bond acceptors (Lipinski definition) is 7. The maximum atomic E-state index is 11.3. The van der Waals surface area contributed by atoms with Crippen molar-refractivity contribution in [3.63, 3.8) is 0 Å². The Morgan fingerprint density at radius 1 is 1.43 bits per heavy atom. The molecular weight excluding hydrogens is 308 g/mol. The Hall–Kier alpha value is -2.25. The Labute approximate surface area is 128 Å². The van der Waals surface area contributed by atoms with Gasteiger partial charge >= 0.3 is 5.97 Å². The van der Waals surface area contributed by atoms with Gasteiger partial charge in [-0.25, -0.2) is 14.8 Å². The van der Waals surface area contributed by atoms with Crippen molar-refractivity contribution < 1.29 is 13.9 Å². The number of hydrogen-bond donors (Lipinski definition) is 0. The summed E-state index contributed by atoms with van der Waals surface area (Å²) in [4.78, 5) is 20.4. The highest BCUT2D eigenvalue weighted by Crippen LogP contribution is 2.25. The number of ether oxygens (including phenoxy) is 1. The summed E-state index contributed by atoms with van der Waals surface area (Å²) in [6, 6.07) is 3.70. The number of nitrogens with zero attached hydrogens (tertiary/aromatic N) is 2. The molecule has 0 aliphatic rings. The number of furan rings is 1. The van der Waals surface area contributed by atoms with Crippen molar-refractivity contribution in [3.8, 4) is 10.8 Å². The van der Waals surface area contributed by atoms with E-state index in [4.69, 9.17) is 4.42 Å². The molecule has 0 unspecified atom stereocenters. The van der Waals surface area contributed by atoms with Gasteiger partial charge in [0.25, 0.3) is 0 Å². The maximum Gasteiger partial charge on any atom is 0.349 e. The van der Waals surface area contributed by atoms with Crippen molar-refractivity contribution >= 4 is 40.8 Å². The molecule has 3 aromatic rings. The van der Waals surface area contributed by atoms with Gasteiger partial charge in [0.1, 0.15) is 9.88 Å². The van der Waals surface area contributed by atoms with Crippen molar-refractivity contribution in [2.75, 3.05) is 7.11 Å². The van der Waals surface area contributed by atoms with E-state index in [0.29, 0.717) is 4.88 Å².